The summed E-state index contributed by atoms with van der Waals surface area (Å²) in [6, 6.07) is 4.50. The first kappa shape index (κ1) is 13.5. The number of carbonyl (C=O) groups excluding carboxylic acids is 1. The molecule has 5 heteroatoms. The topological polar surface area (TPSA) is 17.1 Å². The molecule has 1 aliphatic heterocycles. The third-order valence-electron chi connectivity index (χ3n) is 2.97. The van der Waals surface area contributed by atoms with Crippen molar-refractivity contribution >= 4 is 17.5 Å². The molecule has 1 saturated heterocycles. The van der Waals surface area contributed by atoms with E-state index in [0.29, 0.717) is 5.56 Å². The average molecular weight is 274 g/mol. The van der Waals surface area contributed by atoms with Gasteiger partial charge in [-0.3, -0.25) is 4.79 Å². The molecule has 0 aromatic heterocycles. The number of carbonyl (C=O) groups is 1. The Bertz CT molecular complexity index is 419. The lowest BCUT2D eigenvalue weighted by molar-refractivity contribution is -0.137. The van der Waals surface area contributed by atoms with Crippen LogP contribution in [-0.2, 0) is 6.18 Å². The van der Waals surface area contributed by atoms with Gasteiger partial charge in [0.15, 0.2) is 5.78 Å². The summed E-state index contributed by atoms with van der Waals surface area (Å²) in [5.41, 5.74) is -0.335. The van der Waals surface area contributed by atoms with E-state index >= 15 is 0 Å². The number of ketones is 1. The third-order valence-corrected chi connectivity index (χ3v) is 4.35. The van der Waals surface area contributed by atoms with Crippen LogP contribution in [0.15, 0.2) is 24.3 Å². The van der Waals surface area contributed by atoms with Gasteiger partial charge in [-0.25, -0.2) is 0 Å². The van der Waals surface area contributed by atoms with Crippen molar-refractivity contribution in [3.8, 4) is 0 Å². The maximum Gasteiger partial charge on any atom is 0.416 e. The summed E-state index contributed by atoms with van der Waals surface area (Å²) in [7, 11) is 0. The molecule has 0 aliphatic carbocycles. The summed E-state index contributed by atoms with van der Waals surface area (Å²) in [6.45, 7) is 0. The Hall–Kier alpha value is -0.970. The van der Waals surface area contributed by atoms with Gasteiger partial charge in [0.1, 0.15) is 0 Å². The first-order valence-electron chi connectivity index (χ1n) is 5.81. The van der Waals surface area contributed by atoms with Gasteiger partial charge >= 0.3 is 6.18 Å². The Morgan fingerprint density at radius 3 is 2.33 bits per heavy atom. The molecule has 1 nitrogen and oxygen atoms in total. The van der Waals surface area contributed by atoms with E-state index in [1.165, 1.54) is 12.1 Å². The lowest BCUT2D eigenvalue weighted by Crippen LogP contribution is -2.21. The van der Waals surface area contributed by atoms with Crippen molar-refractivity contribution in [2.45, 2.75) is 30.7 Å². The highest BCUT2D eigenvalue weighted by molar-refractivity contribution is 8.00. The molecule has 98 valence electrons. The fraction of sp³-hybridized carbons (Fsp3) is 0.462. The standard InChI is InChI=1S/C13H13F3OS/c14-13(15,16)10-6-4-9(5-7-10)12(17)11-3-1-2-8-18-11/h4-7,11H,1-3,8H2. The van der Waals surface area contributed by atoms with Gasteiger partial charge in [-0.15, -0.1) is 0 Å². The highest BCUT2D eigenvalue weighted by atomic mass is 32.2. The lowest BCUT2D eigenvalue weighted by atomic mass is 10.0. The van der Waals surface area contributed by atoms with Gasteiger partial charge in [0.2, 0.25) is 0 Å². The zero-order chi connectivity index (χ0) is 13.2. The molecule has 0 amide bonds. The van der Waals surface area contributed by atoms with Gasteiger partial charge in [0, 0.05) is 5.56 Å². The molecular formula is C13H13F3OS. The molecule has 1 aliphatic rings. The number of hydrogen-bond donors (Lipinski definition) is 0. The molecule has 0 N–H and O–H groups in total. The van der Waals surface area contributed by atoms with Crippen molar-refractivity contribution < 1.29 is 18.0 Å². The second kappa shape index (κ2) is 5.34. The Kier molecular flexibility index (Phi) is 4.00. The predicted molar refractivity (Wildman–Crippen MR) is 65.9 cm³/mol. The molecule has 0 bridgehead atoms. The van der Waals surface area contributed by atoms with Crippen LogP contribution in [0.25, 0.3) is 0 Å². The lowest BCUT2D eigenvalue weighted by Gasteiger charge is -2.20. The number of halogens is 3. The molecular weight excluding hydrogens is 261 g/mol. The fourth-order valence-electron chi connectivity index (χ4n) is 1.96. The smallest absolute Gasteiger partial charge is 0.293 e. The molecule has 1 atom stereocenters. The van der Waals surface area contributed by atoms with Crippen molar-refractivity contribution in [3.63, 3.8) is 0 Å². The minimum absolute atomic E-state index is 0.0478. The van der Waals surface area contributed by atoms with Crippen molar-refractivity contribution in [2.24, 2.45) is 0 Å². The van der Waals surface area contributed by atoms with Gasteiger partial charge in [-0.2, -0.15) is 24.9 Å². The maximum atomic E-state index is 12.4. The molecule has 1 aromatic rings. The quantitative estimate of drug-likeness (QED) is 0.753. The molecule has 1 fully saturated rings. The minimum Gasteiger partial charge on any atom is -0.293 e. The zero-order valence-corrected chi connectivity index (χ0v) is 10.5. The molecule has 18 heavy (non-hydrogen) atoms. The van der Waals surface area contributed by atoms with Gasteiger partial charge in [-0.05, 0) is 30.7 Å². The van der Waals surface area contributed by atoms with Gasteiger partial charge in [0.05, 0.1) is 10.8 Å². The van der Waals surface area contributed by atoms with Crippen molar-refractivity contribution in [1.29, 1.82) is 0 Å². The number of thioether (sulfide) groups is 1. The number of rotatable bonds is 2. The average Bonchev–Trinajstić information content (AvgIpc) is 2.38. The van der Waals surface area contributed by atoms with Gasteiger partial charge in [-0.1, -0.05) is 18.6 Å². The molecule has 1 unspecified atom stereocenters. The molecule has 2 rings (SSSR count). The van der Waals surface area contributed by atoms with Crippen LogP contribution in [-0.4, -0.2) is 16.8 Å². The summed E-state index contributed by atoms with van der Waals surface area (Å²) in [5, 5.41) is -0.0875. The Labute approximate surface area is 108 Å². The predicted octanol–water partition coefficient (Wildman–Crippen LogP) is 4.17. The summed E-state index contributed by atoms with van der Waals surface area (Å²) in [5.74, 6) is 0.908. The molecule has 0 spiro atoms. The molecule has 1 heterocycles. The van der Waals surface area contributed by atoms with E-state index in [1.807, 2.05) is 0 Å². The third kappa shape index (κ3) is 3.07. The van der Waals surface area contributed by atoms with E-state index in [0.717, 1.165) is 37.1 Å². The van der Waals surface area contributed by atoms with Gasteiger partial charge in [0.25, 0.3) is 0 Å². The van der Waals surface area contributed by atoms with Crippen LogP contribution < -0.4 is 0 Å². The zero-order valence-electron chi connectivity index (χ0n) is 9.67. The Balaban J connectivity index is 2.11. The van der Waals surface area contributed by atoms with E-state index < -0.39 is 11.7 Å². The van der Waals surface area contributed by atoms with Gasteiger partial charge < -0.3 is 0 Å². The van der Waals surface area contributed by atoms with Crippen LogP contribution in [0.2, 0.25) is 0 Å². The first-order chi connectivity index (χ1) is 8.48. The largest absolute Gasteiger partial charge is 0.416 e. The van der Waals surface area contributed by atoms with Crippen LogP contribution in [0.4, 0.5) is 13.2 Å². The molecule has 0 saturated carbocycles. The SMILES string of the molecule is O=C(c1ccc(C(F)(F)F)cc1)C1CCCCS1. The van der Waals surface area contributed by atoms with Crippen LogP contribution in [0, 0.1) is 0 Å². The summed E-state index contributed by atoms with van der Waals surface area (Å²) in [4.78, 5) is 12.1. The van der Waals surface area contributed by atoms with Crippen molar-refractivity contribution in [2.75, 3.05) is 5.75 Å². The first-order valence-corrected chi connectivity index (χ1v) is 6.86. The highest BCUT2D eigenvalue weighted by Gasteiger charge is 2.30. The summed E-state index contributed by atoms with van der Waals surface area (Å²) >= 11 is 1.60. The van der Waals surface area contributed by atoms with E-state index in [2.05, 4.69) is 0 Å². The summed E-state index contributed by atoms with van der Waals surface area (Å²) < 4.78 is 37.2. The van der Waals surface area contributed by atoms with Crippen LogP contribution in [0.5, 0.6) is 0 Å². The van der Waals surface area contributed by atoms with E-state index in [-0.39, 0.29) is 11.0 Å². The minimum atomic E-state index is -4.35. The molecule has 1 aromatic carbocycles. The van der Waals surface area contributed by atoms with Crippen molar-refractivity contribution in [1.82, 2.24) is 0 Å². The highest BCUT2D eigenvalue weighted by Crippen LogP contribution is 2.31. The number of Topliss-reactive ketones (excluding diaryl/α,β-unsaturated/α-hetero) is 1. The monoisotopic (exact) mass is 274 g/mol. The molecule has 0 radical (unpaired) electrons. The van der Waals surface area contributed by atoms with E-state index in [9.17, 15) is 18.0 Å². The van der Waals surface area contributed by atoms with E-state index in [4.69, 9.17) is 0 Å². The number of hydrogen-bond acceptors (Lipinski definition) is 2. The Morgan fingerprint density at radius 2 is 1.83 bits per heavy atom. The van der Waals surface area contributed by atoms with Crippen LogP contribution in [0.3, 0.4) is 0 Å². The summed E-state index contributed by atoms with van der Waals surface area (Å²) in [6.07, 6.45) is -1.39. The van der Waals surface area contributed by atoms with Crippen molar-refractivity contribution in [3.05, 3.63) is 35.4 Å². The number of benzene rings is 1. The Morgan fingerprint density at radius 1 is 1.17 bits per heavy atom. The second-order valence-electron chi connectivity index (χ2n) is 4.29. The normalized spacial score (nSPS) is 20.7. The van der Waals surface area contributed by atoms with E-state index in [1.54, 1.807) is 11.8 Å². The maximum absolute atomic E-state index is 12.4. The van der Waals surface area contributed by atoms with Crippen LogP contribution >= 0.6 is 11.8 Å². The van der Waals surface area contributed by atoms with Crippen LogP contribution in [0.1, 0.15) is 35.2 Å². The second-order valence-corrected chi connectivity index (χ2v) is 5.61. The number of alkyl halides is 3. The fourth-order valence-corrected chi connectivity index (χ4v) is 3.23.